The van der Waals surface area contributed by atoms with E-state index < -0.39 is 0 Å². The van der Waals surface area contributed by atoms with Crippen molar-refractivity contribution in [2.45, 2.75) is 13.3 Å². The van der Waals surface area contributed by atoms with Gasteiger partial charge in [-0.05, 0) is 30.8 Å². The lowest BCUT2D eigenvalue weighted by Gasteiger charge is -2.36. The summed E-state index contributed by atoms with van der Waals surface area (Å²) >= 11 is 7.50. The van der Waals surface area contributed by atoms with E-state index in [0.29, 0.717) is 5.02 Å². The molecule has 1 aliphatic rings. The normalized spacial score (nSPS) is 14.7. The van der Waals surface area contributed by atoms with E-state index in [1.807, 2.05) is 47.8 Å². The van der Waals surface area contributed by atoms with Crippen molar-refractivity contribution in [3.8, 4) is 10.6 Å². The van der Waals surface area contributed by atoms with Crippen molar-refractivity contribution in [2.24, 2.45) is 0 Å². The minimum atomic E-state index is -0.0531. The molecule has 0 saturated carbocycles. The number of rotatable bonds is 6. The smallest absolute Gasteiger partial charge is 0.230 e. The Morgan fingerprint density at radius 1 is 1.10 bits per heavy atom. The monoisotopic (exact) mass is 440 g/mol. The molecule has 3 aromatic rings. The first-order valence-corrected chi connectivity index (χ1v) is 11.4. The van der Waals surface area contributed by atoms with Gasteiger partial charge >= 0.3 is 0 Å². The van der Waals surface area contributed by atoms with Gasteiger partial charge in [-0.25, -0.2) is 4.98 Å². The highest BCUT2D eigenvalue weighted by Crippen LogP contribution is 2.28. The van der Waals surface area contributed by atoms with Crippen molar-refractivity contribution < 1.29 is 4.79 Å². The lowest BCUT2D eigenvalue weighted by molar-refractivity contribution is -0.115. The fourth-order valence-electron chi connectivity index (χ4n) is 3.63. The Morgan fingerprint density at radius 2 is 1.83 bits per heavy atom. The number of hydrogen-bond acceptors (Lipinski definition) is 5. The lowest BCUT2D eigenvalue weighted by Crippen LogP contribution is -2.46. The van der Waals surface area contributed by atoms with Gasteiger partial charge in [-0.15, -0.1) is 11.3 Å². The van der Waals surface area contributed by atoms with E-state index in [9.17, 15) is 4.79 Å². The number of nitrogens with one attached hydrogen (secondary N) is 1. The molecule has 1 N–H and O–H groups in total. The van der Waals surface area contributed by atoms with Crippen LogP contribution in [0.4, 0.5) is 11.4 Å². The third-order valence-electron chi connectivity index (χ3n) is 5.32. The summed E-state index contributed by atoms with van der Waals surface area (Å²) in [7, 11) is 0. The summed E-state index contributed by atoms with van der Waals surface area (Å²) in [5.74, 6) is -0.0531. The van der Waals surface area contributed by atoms with Crippen LogP contribution >= 0.6 is 22.9 Å². The molecule has 0 radical (unpaired) electrons. The highest BCUT2D eigenvalue weighted by atomic mass is 35.5. The highest BCUT2D eigenvalue weighted by molar-refractivity contribution is 7.13. The second-order valence-electron chi connectivity index (χ2n) is 7.31. The molecule has 0 unspecified atom stereocenters. The summed E-state index contributed by atoms with van der Waals surface area (Å²) in [6.45, 7) is 7.31. The van der Waals surface area contributed by atoms with Gasteiger partial charge in [0.2, 0.25) is 5.91 Å². The number of aromatic nitrogens is 1. The van der Waals surface area contributed by atoms with Gasteiger partial charge in [0.05, 0.1) is 23.5 Å². The summed E-state index contributed by atoms with van der Waals surface area (Å²) in [5, 5.41) is 6.63. The summed E-state index contributed by atoms with van der Waals surface area (Å²) in [5.41, 5.74) is 3.73. The third-order valence-corrected chi connectivity index (χ3v) is 6.52. The number of nitrogens with zero attached hydrogens (tertiary/aromatic N) is 3. The van der Waals surface area contributed by atoms with Crippen LogP contribution in [0, 0.1) is 0 Å². The molecule has 5 nitrogen and oxygen atoms in total. The van der Waals surface area contributed by atoms with E-state index in [1.54, 1.807) is 0 Å². The van der Waals surface area contributed by atoms with Gasteiger partial charge in [-0.1, -0.05) is 42.8 Å². The van der Waals surface area contributed by atoms with Crippen LogP contribution in [0.15, 0.2) is 53.9 Å². The van der Waals surface area contributed by atoms with Gasteiger partial charge in [-0.3, -0.25) is 4.79 Å². The third kappa shape index (κ3) is 5.01. The van der Waals surface area contributed by atoms with E-state index in [-0.39, 0.29) is 12.3 Å². The van der Waals surface area contributed by atoms with E-state index in [4.69, 9.17) is 11.6 Å². The number of thiazole rings is 1. The fraction of sp³-hybridized carbons (Fsp3) is 0.304. The number of carbonyl (C=O) groups is 1. The van der Waals surface area contributed by atoms with Crippen LogP contribution in [0.1, 0.15) is 12.6 Å². The number of carbonyl (C=O) groups excluding carboxylic acids is 1. The van der Waals surface area contributed by atoms with Gasteiger partial charge in [0.1, 0.15) is 5.01 Å². The van der Waals surface area contributed by atoms with Gasteiger partial charge < -0.3 is 15.1 Å². The molecule has 156 valence electrons. The number of para-hydroxylation sites is 2. The number of likely N-dealkylation sites (N-methyl/N-ethyl adjacent to an activating group) is 1. The van der Waals surface area contributed by atoms with Gasteiger partial charge in [0.25, 0.3) is 0 Å². The molecule has 1 aromatic heterocycles. The zero-order valence-electron chi connectivity index (χ0n) is 17.0. The molecule has 7 heteroatoms. The number of halogens is 1. The van der Waals surface area contributed by atoms with Crippen LogP contribution in [0.2, 0.25) is 5.02 Å². The molecule has 0 spiro atoms. The van der Waals surface area contributed by atoms with Crippen molar-refractivity contribution >= 4 is 40.2 Å². The number of hydrogen-bond donors (Lipinski definition) is 1. The second kappa shape index (κ2) is 9.60. The highest BCUT2D eigenvalue weighted by Gasteiger charge is 2.19. The molecular formula is C23H25ClN4OS. The first-order valence-electron chi connectivity index (χ1n) is 10.2. The predicted octanol–water partition coefficient (Wildman–Crippen LogP) is 4.79. The topological polar surface area (TPSA) is 48.5 Å². The Balaban J connectivity index is 1.41. The molecule has 0 atom stereocenters. The van der Waals surface area contributed by atoms with Gasteiger partial charge in [-0.2, -0.15) is 0 Å². The van der Waals surface area contributed by atoms with Crippen LogP contribution in [-0.4, -0.2) is 48.5 Å². The molecule has 4 rings (SSSR count). The summed E-state index contributed by atoms with van der Waals surface area (Å²) < 4.78 is 0. The number of benzene rings is 2. The summed E-state index contributed by atoms with van der Waals surface area (Å²) in [6, 6.07) is 15.6. The van der Waals surface area contributed by atoms with Crippen LogP contribution in [0.3, 0.4) is 0 Å². The zero-order chi connectivity index (χ0) is 20.9. The van der Waals surface area contributed by atoms with E-state index in [2.05, 4.69) is 33.1 Å². The molecule has 1 amide bonds. The maximum atomic E-state index is 12.7. The molecule has 0 aliphatic carbocycles. The van der Waals surface area contributed by atoms with Gasteiger partial charge in [0.15, 0.2) is 0 Å². The average Bonchev–Trinajstić information content (AvgIpc) is 3.23. The molecule has 1 fully saturated rings. The fourth-order valence-corrected chi connectivity index (χ4v) is 4.58. The van der Waals surface area contributed by atoms with Crippen molar-refractivity contribution in [1.29, 1.82) is 0 Å². The Labute approximate surface area is 186 Å². The lowest BCUT2D eigenvalue weighted by atomic mass is 10.2. The first-order chi connectivity index (χ1) is 14.6. The van der Waals surface area contributed by atoms with Crippen molar-refractivity contribution in [2.75, 3.05) is 42.9 Å². The summed E-state index contributed by atoms with van der Waals surface area (Å²) in [4.78, 5) is 22.1. The molecule has 0 bridgehead atoms. The van der Waals surface area contributed by atoms with E-state index in [1.165, 1.54) is 11.3 Å². The second-order valence-corrected chi connectivity index (χ2v) is 8.61. The van der Waals surface area contributed by atoms with Crippen LogP contribution < -0.4 is 10.2 Å². The Kier molecular flexibility index (Phi) is 6.67. The Bertz CT molecular complexity index is 996. The zero-order valence-corrected chi connectivity index (χ0v) is 18.5. The SMILES string of the molecule is CCN1CCN(c2ccccc2NC(=O)Cc2csc(-c3ccc(Cl)cc3)n2)CC1. The van der Waals surface area contributed by atoms with Crippen molar-refractivity contribution in [1.82, 2.24) is 9.88 Å². The van der Waals surface area contributed by atoms with Crippen molar-refractivity contribution in [3.63, 3.8) is 0 Å². The molecule has 1 saturated heterocycles. The maximum Gasteiger partial charge on any atom is 0.230 e. The minimum Gasteiger partial charge on any atom is -0.367 e. The number of piperazine rings is 1. The minimum absolute atomic E-state index is 0.0531. The number of anilines is 2. The molecule has 1 aliphatic heterocycles. The van der Waals surface area contributed by atoms with Gasteiger partial charge in [0, 0.05) is 42.1 Å². The standard InChI is InChI=1S/C23H25ClN4OS/c1-2-27-11-13-28(14-12-27)21-6-4-3-5-20(21)26-22(29)15-19-16-30-23(25-19)17-7-9-18(24)10-8-17/h3-10,16H,2,11-15H2,1H3,(H,26,29). The molecule has 2 aromatic carbocycles. The van der Waals surface area contributed by atoms with Crippen LogP contribution in [0.25, 0.3) is 10.6 Å². The summed E-state index contributed by atoms with van der Waals surface area (Å²) in [6.07, 6.45) is 0.252. The molecule has 30 heavy (non-hydrogen) atoms. The molecule has 2 heterocycles. The number of amides is 1. The van der Waals surface area contributed by atoms with Crippen molar-refractivity contribution in [3.05, 3.63) is 64.6 Å². The molecular weight excluding hydrogens is 416 g/mol. The Morgan fingerprint density at radius 3 is 2.57 bits per heavy atom. The van der Waals surface area contributed by atoms with Crippen LogP contribution in [-0.2, 0) is 11.2 Å². The van der Waals surface area contributed by atoms with E-state index >= 15 is 0 Å². The quantitative estimate of drug-likeness (QED) is 0.598. The first kappa shape index (κ1) is 20.8. The van der Waals surface area contributed by atoms with Crippen LogP contribution in [0.5, 0.6) is 0 Å². The largest absolute Gasteiger partial charge is 0.367 e. The average molecular weight is 441 g/mol. The predicted molar refractivity (Wildman–Crippen MR) is 126 cm³/mol. The maximum absolute atomic E-state index is 12.7. The van der Waals surface area contributed by atoms with E-state index in [0.717, 1.165) is 60.4 Å². The Hall–Kier alpha value is -2.41.